The first kappa shape index (κ1) is 14.4. The van der Waals surface area contributed by atoms with E-state index in [9.17, 15) is 8.42 Å². The van der Waals surface area contributed by atoms with E-state index >= 15 is 0 Å². The molecule has 63 valence electrons. The summed E-state index contributed by atoms with van der Waals surface area (Å²) in [6.07, 6.45) is 0. The number of hydrogen-bond donors (Lipinski definition) is 3. The Bertz CT molecular complexity index is 170. The van der Waals surface area contributed by atoms with Crippen molar-refractivity contribution in [3.8, 4) is 0 Å². The molecule has 0 aliphatic heterocycles. The fraction of sp³-hybridized carbons (Fsp3) is 1.00. The van der Waals surface area contributed by atoms with Gasteiger partial charge in [-0.3, -0.25) is 4.55 Å². The number of hydrogen-bond acceptors (Lipinski definition) is 4. The molecule has 5 nitrogen and oxygen atoms in total. The van der Waals surface area contributed by atoms with Crippen LogP contribution in [0.15, 0.2) is 0 Å². The minimum absolute atomic E-state index is 0. The summed E-state index contributed by atoms with van der Waals surface area (Å²) in [4.78, 5) is 0. The molecular formula is C4H12N2NaO3S. The van der Waals surface area contributed by atoms with Gasteiger partial charge in [0.2, 0.25) is 0 Å². The smallest absolute Gasteiger partial charge is 0.266 e. The molecule has 1 radical (unpaired) electrons. The van der Waals surface area contributed by atoms with Crippen LogP contribution in [0.4, 0.5) is 0 Å². The van der Waals surface area contributed by atoms with Crippen LogP contribution in [0.5, 0.6) is 0 Å². The van der Waals surface area contributed by atoms with E-state index in [-0.39, 0.29) is 41.9 Å². The largest absolute Gasteiger partial charge is 0.329 e. The SMILES string of the molecule is NCCNCCS(=O)(=O)O.[Na]. The van der Waals surface area contributed by atoms with Gasteiger partial charge in [0.05, 0.1) is 5.75 Å². The molecule has 0 rings (SSSR count). The summed E-state index contributed by atoms with van der Waals surface area (Å²) >= 11 is 0. The predicted octanol–water partition coefficient (Wildman–Crippen LogP) is -1.96. The molecule has 0 saturated heterocycles. The van der Waals surface area contributed by atoms with Gasteiger partial charge in [-0.05, 0) is 0 Å². The molecule has 0 aromatic rings. The molecule has 0 fully saturated rings. The van der Waals surface area contributed by atoms with Crippen molar-refractivity contribution in [3.05, 3.63) is 0 Å². The van der Waals surface area contributed by atoms with Crippen LogP contribution in [-0.2, 0) is 10.1 Å². The molecule has 0 aromatic carbocycles. The zero-order valence-electron chi connectivity index (χ0n) is 6.58. The normalized spacial score (nSPS) is 10.7. The Labute approximate surface area is 88.8 Å². The fourth-order valence-electron chi connectivity index (χ4n) is 0.428. The molecule has 0 amide bonds. The minimum Gasteiger partial charge on any atom is -0.329 e. The third kappa shape index (κ3) is 13.8. The zero-order valence-corrected chi connectivity index (χ0v) is 9.39. The van der Waals surface area contributed by atoms with Crippen LogP contribution in [0.3, 0.4) is 0 Å². The molecule has 0 aliphatic carbocycles. The van der Waals surface area contributed by atoms with Crippen molar-refractivity contribution in [2.24, 2.45) is 5.73 Å². The van der Waals surface area contributed by atoms with E-state index in [2.05, 4.69) is 5.32 Å². The van der Waals surface area contributed by atoms with Crippen LogP contribution in [0.25, 0.3) is 0 Å². The number of rotatable bonds is 5. The van der Waals surface area contributed by atoms with Crippen molar-refractivity contribution in [1.29, 1.82) is 0 Å². The van der Waals surface area contributed by atoms with Crippen molar-refractivity contribution in [3.63, 3.8) is 0 Å². The van der Waals surface area contributed by atoms with Crippen LogP contribution in [-0.4, -0.2) is 67.9 Å². The second kappa shape index (κ2) is 7.48. The maximum Gasteiger partial charge on any atom is 0.266 e. The Morgan fingerprint density at radius 1 is 1.36 bits per heavy atom. The standard InChI is InChI=1S/C4H12N2O3S.Na/c5-1-2-6-3-4-10(7,8)9;/h6H,1-5H2,(H,7,8,9);. The molecule has 11 heavy (non-hydrogen) atoms. The van der Waals surface area contributed by atoms with Gasteiger partial charge in [0.25, 0.3) is 10.1 Å². The molecule has 0 saturated carbocycles. The minimum atomic E-state index is -3.81. The van der Waals surface area contributed by atoms with Gasteiger partial charge in [-0.2, -0.15) is 8.42 Å². The maximum absolute atomic E-state index is 10.1. The van der Waals surface area contributed by atoms with Crippen molar-refractivity contribution in [1.82, 2.24) is 5.32 Å². The first-order chi connectivity index (χ1) is 4.56. The number of nitrogens with one attached hydrogen (secondary N) is 1. The summed E-state index contributed by atoms with van der Waals surface area (Å²) in [5.41, 5.74) is 5.10. The van der Waals surface area contributed by atoms with E-state index < -0.39 is 10.1 Å². The van der Waals surface area contributed by atoms with Gasteiger partial charge >= 0.3 is 0 Å². The summed E-state index contributed by atoms with van der Waals surface area (Å²) in [5.74, 6) is -0.257. The quantitative estimate of drug-likeness (QED) is 0.266. The summed E-state index contributed by atoms with van der Waals surface area (Å²) in [6.45, 7) is 1.27. The van der Waals surface area contributed by atoms with Gasteiger partial charge < -0.3 is 11.1 Å². The van der Waals surface area contributed by atoms with Crippen LogP contribution in [0.1, 0.15) is 0 Å². The molecule has 0 bridgehead atoms. The molecule has 0 heterocycles. The van der Waals surface area contributed by atoms with Gasteiger partial charge in [0, 0.05) is 49.2 Å². The van der Waals surface area contributed by atoms with Crippen molar-refractivity contribution >= 4 is 39.7 Å². The topological polar surface area (TPSA) is 92.4 Å². The predicted molar refractivity (Wildman–Crippen MR) is 44.1 cm³/mol. The van der Waals surface area contributed by atoms with Gasteiger partial charge in [0.1, 0.15) is 0 Å². The summed E-state index contributed by atoms with van der Waals surface area (Å²) in [5, 5.41) is 2.73. The molecule has 0 spiro atoms. The maximum atomic E-state index is 10.1. The number of nitrogens with two attached hydrogens (primary N) is 1. The Hall–Kier alpha value is 0.830. The fourth-order valence-corrected chi connectivity index (χ4v) is 0.830. The van der Waals surface area contributed by atoms with E-state index in [1.807, 2.05) is 0 Å². The van der Waals surface area contributed by atoms with E-state index in [4.69, 9.17) is 10.3 Å². The third-order valence-electron chi connectivity index (χ3n) is 0.858. The van der Waals surface area contributed by atoms with Crippen molar-refractivity contribution in [2.45, 2.75) is 0 Å². The first-order valence-electron chi connectivity index (χ1n) is 2.92. The summed E-state index contributed by atoms with van der Waals surface area (Å²) < 4.78 is 28.4. The molecule has 0 aliphatic rings. The molecule has 0 atom stereocenters. The Balaban J connectivity index is 0. The van der Waals surface area contributed by atoms with Crippen LogP contribution >= 0.6 is 0 Å². The van der Waals surface area contributed by atoms with Crippen LogP contribution in [0.2, 0.25) is 0 Å². The monoisotopic (exact) mass is 191 g/mol. The van der Waals surface area contributed by atoms with Crippen molar-refractivity contribution in [2.75, 3.05) is 25.4 Å². The molecule has 0 unspecified atom stereocenters. The van der Waals surface area contributed by atoms with Gasteiger partial charge in [-0.25, -0.2) is 0 Å². The van der Waals surface area contributed by atoms with Gasteiger partial charge in [0.15, 0.2) is 0 Å². The summed E-state index contributed by atoms with van der Waals surface area (Å²) in [7, 11) is -3.81. The molecule has 0 aromatic heterocycles. The Kier molecular flexibility index (Phi) is 9.76. The molecule has 7 heteroatoms. The zero-order chi connectivity index (χ0) is 8.04. The average molecular weight is 191 g/mol. The van der Waals surface area contributed by atoms with Crippen LogP contribution < -0.4 is 11.1 Å². The molecular weight excluding hydrogens is 179 g/mol. The summed E-state index contributed by atoms with van der Waals surface area (Å²) in [6, 6.07) is 0. The Morgan fingerprint density at radius 3 is 2.27 bits per heavy atom. The second-order valence-electron chi connectivity index (χ2n) is 1.82. The second-order valence-corrected chi connectivity index (χ2v) is 3.40. The van der Waals surface area contributed by atoms with Gasteiger partial charge in [-0.1, -0.05) is 0 Å². The van der Waals surface area contributed by atoms with E-state index in [0.717, 1.165) is 0 Å². The third-order valence-corrected chi connectivity index (χ3v) is 1.58. The average Bonchev–Trinajstić information content (AvgIpc) is 1.78. The Morgan fingerprint density at radius 2 is 1.91 bits per heavy atom. The van der Waals surface area contributed by atoms with E-state index in [1.54, 1.807) is 0 Å². The van der Waals surface area contributed by atoms with Crippen molar-refractivity contribution < 1.29 is 13.0 Å². The van der Waals surface area contributed by atoms with E-state index in [1.165, 1.54) is 0 Å². The first-order valence-corrected chi connectivity index (χ1v) is 4.53. The van der Waals surface area contributed by atoms with Crippen LogP contribution in [0, 0.1) is 0 Å². The van der Waals surface area contributed by atoms with Gasteiger partial charge in [-0.15, -0.1) is 0 Å². The van der Waals surface area contributed by atoms with E-state index in [0.29, 0.717) is 13.1 Å². The molecule has 4 N–H and O–H groups in total.